The molecule has 0 radical (unpaired) electrons. The van der Waals surface area contributed by atoms with E-state index in [0.29, 0.717) is 24.6 Å². The lowest BCUT2D eigenvalue weighted by atomic mass is 9.84. The van der Waals surface area contributed by atoms with Crippen LogP contribution >= 0.6 is 0 Å². The van der Waals surface area contributed by atoms with E-state index >= 15 is 0 Å². The van der Waals surface area contributed by atoms with E-state index < -0.39 is 0 Å². The van der Waals surface area contributed by atoms with Gasteiger partial charge in [0.25, 0.3) is 0 Å². The summed E-state index contributed by atoms with van der Waals surface area (Å²) in [6, 6.07) is 1.15. The molecule has 2 nitrogen and oxygen atoms in total. The van der Waals surface area contributed by atoms with Crippen LogP contribution in [0.1, 0.15) is 59.3 Å². The molecule has 0 heterocycles. The molecule has 1 saturated carbocycles. The zero-order valence-corrected chi connectivity index (χ0v) is 11.2. The Kier molecular flexibility index (Phi) is 6.37. The largest absolute Gasteiger partial charge is 0.396 e. The third kappa shape index (κ3) is 4.84. The third-order valence-electron chi connectivity index (χ3n) is 3.82. The van der Waals surface area contributed by atoms with Gasteiger partial charge < -0.3 is 10.4 Å². The summed E-state index contributed by atoms with van der Waals surface area (Å²) in [5, 5.41) is 13.1. The van der Waals surface area contributed by atoms with Crippen LogP contribution in [0, 0.1) is 11.8 Å². The summed E-state index contributed by atoms with van der Waals surface area (Å²) in [6.45, 7) is 7.20. The van der Waals surface area contributed by atoms with Gasteiger partial charge in [0.05, 0.1) is 0 Å². The van der Waals surface area contributed by atoms with Gasteiger partial charge in [0.2, 0.25) is 0 Å². The summed E-state index contributed by atoms with van der Waals surface area (Å²) in [6.07, 6.45) is 7.62. The minimum absolute atomic E-state index is 0.356. The highest BCUT2D eigenvalue weighted by atomic mass is 16.3. The van der Waals surface area contributed by atoms with Crippen LogP contribution in [0.3, 0.4) is 0 Å². The summed E-state index contributed by atoms with van der Waals surface area (Å²) in [4.78, 5) is 0. The Labute approximate surface area is 101 Å². The van der Waals surface area contributed by atoms with Crippen LogP contribution in [-0.2, 0) is 0 Å². The quantitative estimate of drug-likeness (QED) is 0.731. The zero-order valence-electron chi connectivity index (χ0n) is 11.2. The topological polar surface area (TPSA) is 32.3 Å². The van der Waals surface area contributed by atoms with E-state index in [9.17, 15) is 5.11 Å². The minimum Gasteiger partial charge on any atom is -0.396 e. The number of hydrogen-bond donors (Lipinski definition) is 2. The van der Waals surface area contributed by atoms with Crippen molar-refractivity contribution >= 4 is 0 Å². The number of rotatable bonds is 6. The van der Waals surface area contributed by atoms with Crippen molar-refractivity contribution < 1.29 is 5.11 Å². The molecule has 1 fully saturated rings. The van der Waals surface area contributed by atoms with Crippen LogP contribution in [0.5, 0.6) is 0 Å². The fraction of sp³-hybridized carbons (Fsp3) is 1.00. The Morgan fingerprint density at radius 2 is 1.81 bits per heavy atom. The van der Waals surface area contributed by atoms with Crippen molar-refractivity contribution in [3.05, 3.63) is 0 Å². The lowest BCUT2D eigenvalue weighted by Crippen LogP contribution is -2.44. The molecule has 0 saturated heterocycles. The predicted molar refractivity (Wildman–Crippen MR) is 69.5 cm³/mol. The molecule has 1 aliphatic rings. The maximum absolute atomic E-state index is 9.35. The molecular weight excluding hydrogens is 198 g/mol. The van der Waals surface area contributed by atoms with Gasteiger partial charge in [-0.1, -0.05) is 26.7 Å². The maximum atomic E-state index is 9.35. The highest BCUT2D eigenvalue weighted by molar-refractivity contribution is 4.82. The number of aliphatic hydroxyl groups excluding tert-OH is 1. The van der Waals surface area contributed by atoms with Gasteiger partial charge in [-0.05, 0) is 44.4 Å². The standard InChI is InChI=1S/C14H29NO/c1-11(2)8-9-12(3)15-14-7-5-4-6-13(14)10-16/h11-16H,4-10H2,1-3H3. The number of hydrogen-bond acceptors (Lipinski definition) is 2. The lowest BCUT2D eigenvalue weighted by molar-refractivity contribution is 0.145. The second kappa shape index (κ2) is 7.29. The van der Waals surface area contributed by atoms with Crippen LogP contribution < -0.4 is 5.32 Å². The first-order valence-electron chi connectivity index (χ1n) is 7.00. The van der Waals surface area contributed by atoms with Gasteiger partial charge in [-0.15, -0.1) is 0 Å². The average Bonchev–Trinajstić information content (AvgIpc) is 2.27. The van der Waals surface area contributed by atoms with Crippen molar-refractivity contribution in [1.82, 2.24) is 5.32 Å². The molecular formula is C14H29NO. The molecule has 1 aliphatic carbocycles. The molecule has 2 N–H and O–H groups in total. The Bertz CT molecular complexity index is 182. The molecule has 1 rings (SSSR count). The van der Waals surface area contributed by atoms with Crippen molar-refractivity contribution in [2.24, 2.45) is 11.8 Å². The molecule has 0 bridgehead atoms. The van der Waals surface area contributed by atoms with Crippen molar-refractivity contribution in [2.75, 3.05) is 6.61 Å². The highest BCUT2D eigenvalue weighted by Crippen LogP contribution is 2.24. The van der Waals surface area contributed by atoms with Gasteiger partial charge in [0.1, 0.15) is 0 Å². The normalized spacial score (nSPS) is 28.3. The SMILES string of the molecule is CC(C)CCC(C)NC1CCCCC1CO. The smallest absolute Gasteiger partial charge is 0.0474 e. The van der Waals surface area contributed by atoms with Gasteiger partial charge in [-0.3, -0.25) is 0 Å². The first kappa shape index (κ1) is 14.0. The van der Waals surface area contributed by atoms with E-state index in [4.69, 9.17) is 0 Å². The molecule has 0 spiro atoms. The third-order valence-corrected chi connectivity index (χ3v) is 3.82. The summed E-state index contributed by atoms with van der Waals surface area (Å²) in [5.41, 5.74) is 0. The van der Waals surface area contributed by atoms with Crippen LogP contribution in [0.15, 0.2) is 0 Å². The van der Waals surface area contributed by atoms with E-state index in [1.165, 1.54) is 38.5 Å². The zero-order chi connectivity index (χ0) is 12.0. The minimum atomic E-state index is 0.356. The van der Waals surface area contributed by atoms with E-state index in [-0.39, 0.29) is 0 Å². The van der Waals surface area contributed by atoms with Gasteiger partial charge in [-0.2, -0.15) is 0 Å². The Balaban J connectivity index is 2.27. The first-order chi connectivity index (χ1) is 7.63. The Hall–Kier alpha value is -0.0800. The van der Waals surface area contributed by atoms with E-state index in [1.807, 2.05) is 0 Å². The maximum Gasteiger partial charge on any atom is 0.0474 e. The van der Waals surface area contributed by atoms with Crippen LogP contribution in [0.2, 0.25) is 0 Å². The monoisotopic (exact) mass is 227 g/mol. The Morgan fingerprint density at radius 3 is 2.44 bits per heavy atom. The van der Waals surface area contributed by atoms with E-state index in [0.717, 1.165) is 5.92 Å². The van der Waals surface area contributed by atoms with Crippen LogP contribution in [0.4, 0.5) is 0 Å². The second-order valence-electron chi connectivity index (χ2n) is 5.87. The fourth-order valence-corrected chi connectivity index (χ4v) is 2.68. The summed E-state index contributed by atoms with van der Waals surface area (Å²) in [7, 11) is 0. The summed E-state index contributed by atoms with van der Waals surface area (Å²) < 4.78 is 0. The molecule has 0 aromatic rings. The average molecular weight is 227 g/mol. The molecule has 0 aromatic heterocycles. The van der Waals surface area contributed by atoms with Crippen molar-refractivity contribution in [3.8, 4) is 0 Å². The highest BCUT2D eigenvalue weighted by Gasteiger charge is 2.25. The lowest BCUT2D eigenvalue weighted by Gasteiger charge is -2.33. The number of aliphatic hydroxyl groups is 1. The van der Waals surface area contributed by atoms with Gasteiger partial charge >= 0.3 is 0 Å². The van der Waals surface area contributed by atoms with Gasteiger partial charge in [0, 0.05) is 18.7 Å². The van der Waals surface area contributed by atoms with E-state index in [2.05, 4.69) is 26.1 Å². The molecule has 3 atom stereocenters. The summed E-state index contributed by atoms with van der Waals surface area (Å²) in [5.74, 6) is 1.29. The molecule has 0 aliphatic heterocycles. The Morgan fingerprint density at radius 1 is 1.12 bits per heavy atom. The van der Waals surface area contributed by atoms with Crippen molar-refractivity contribution in [2.45, 2.75) is 71.4 Å². The van der Waals surface area contributed by atoms with Crippen molar-refractivity contribution in [3.63, 3.8) is 0 Å². The molecule has 96 valence electrons. The molecule has 2 heteroatoms. The number of nitrogens with one attached hydrogen (secondary N) is 1. The molecule has 0 aromatic carbocycles. The second-order valence-corrected chi connectivity index (χ2v) is 5.87. The molecule has 16 heavy (non-hydrogen) atoms. The summed E-state index contributed by atoms with van der Waals surface area (Å²) >= 11 is 0. The first-order valence-corrected chi connectivity index (χ1v) is 7.00. The fourth-order valence-electron chi connectivity index (χ4n) is 2.68. The molecule has 0 amide bonds. The van der Waals surface area contributed by atoms with Gasteiger partial charge in [0.15, 0.2) is 0 Å². The van der Waals surface area contributed by atoms with E-state index in [1.54, 1.807) is 0 Å². The predicted octanol–water partition coefficient (Wildman–Crippen LogP) is 2.95. The molecule has 3 unspecified atom stereocenters. The van der Waals surface area contributed by atoms with Gasteiger partial charge in [-0.25, -0.2) is 0 Å². The van der Waals surface area contributed by atoms with Crippen LogP contribution in [0.25, 0.3) is 0 Å². The van der Waals surface area contributed by atoms with Crippen LogP contribution in [-0.4, -0.2) is 23.8 Å². The van der Waals surface area contributed by atoms with Crippen molar-refractivity contribution in [1.29, 1.82) is 0 Å².